The van der Waals surface area contributed by atoms with Gasteiger partial charge < -0.3 is 9.52 Å². The summed E-state index contributed by atoms with van der Waals surface area (Å²) < 4.78 is 5.64. The number of carboxylic acid groups (broad SMARTS) is 1. The third-order valence-electron chi connectivity index (χ3n) is 5.38. The molecule has 1 atom stereocenters. The summed E-state index contributed by atoms with van der Waals surface area (Å²) in [5.74, 6) is 0.760. The number of hydrogen-bond acceptors (Lipinski definition) is 4. The van der Waals surface area contributed by atoms with Crippen molar-refractivity contribution in [1.82, 2.24) is 9.88 Å². The number of fused-ring (bicyclic) bond motifs is 1. The highest BCUT2D eigenvalue weighted by Gasteiger charge is 2.31. The monoisotopic (exact) mass is 326 g/mol. The van der Waals surface area contributed by atoms with E-state index >= 15 is 0 Å². The smallest absolute Gasteiger partial charge is 0.304 e. The Bertz CT molecular complexity index is 736. The van der Waals surface area contributed by atoms with Crippen molar-refractivity contribution in [2.75, 3.05) is 0 Å². The van der Waals surface area contributed by atoms with Crippen molar-refractivity contribution in [2.45, 2.75) is 57.2 Å². The first-order chi connectivity index (χ1) is 11.7. The Labute approximate surface area is 141 Å². The van der Waals surface area contributed by atoms with Crippen LogP contribution in [0, 0.1) is 0 Å². The second-order valence-electron chi connectivity index (χ2n) is 6.92. The van der Waals surface area contributed by atoms with Crippen LogP contribution in [0.3, 0.4) is 0 Å². The Morgan fingerprint density at radius 1 is 1.29 bits per heavy atom. The largest absolute Gasteiger partial charge is 0.481 e. The molecule has 5 nitrogen and oxygen atoms in total. The highest BCUT2D eigenvalue weighted by molar-refractivity contribution is 5.67. The Morgan fingerprint density at radius 2 is 2.08 bits per heavy atom. The molecule has 24 heavy (non-hydrogen) atoms. The molecule has 1 N–H and O–H groups in total. The summed E-state index contributed by atoms with van der Waals surface area (Å²) >= 11 is 0. The molecule has 1 aromatic carbocycles. The van der Waals surface area contributed by atoms with E-state index in [4.69, 9.17) is 4.42 Å². The van der Waals surface area contributed by atoms with E-state index in [0.717, 1.165) is 24.4 Å². The maximum atomic E-state index is 11.3. The zero-order valence-corrected chi connectivity index (χ0v) is 13.6. The number of aromatic nitrogens is 1. The number of rotatable bonds is 5. The fourth-order valence-corrected chi connectivity index (χ4v) is 3.82. The third-order valence-corrected chi connectivity index (χ3v) is 5.38. The summed E-state index contributed by atoms with van der Waals surface area (Å²) in [6.45, 7) is 1.43. The van der Waals surface area contributed by atoms with Crippen molar-refractivity contribution in [3.8, 4) is 0 Å². The molecule has 1 aliphatic carbocycles. The Hall–Kier alpha value is -2.14. The van der Waals surface area contributed by atoms with Gasteiger partial charge >= 0.3 is 5.97 Å². The first-order valence-corrected chi connectivity index (χ1v) is 8.65. The van der Waals surface area contributed by atoms with Gasteiger partial charge in [-0.3, -0.25) is 9.69 Å². The maximum Gasteiger partial charge on any atom is 0.304 e. The fraction of sp³-hybridized carbons (Fsp3) is 0.474. The predicted molar refractivity (Wildman–Crippen MR) is 88.5 cm³/mol. The molecule has 126 valence electrons. The standard InChI is InChI=1S/C19H22N2O3/c22-18(23)9-16-8-14-4-1-2-5-15(14)10-21(16)11-17-19(24-12-20-17)13-6-3-7-13/h1-2,4-5,12-13,16H,3,6-11H2,(H,22,23)/t16-/m0/s1. The molecule has 0 spiro atoms. The van der Waals surface area contributed by atoms with Crippen LogP contribution in [-0.4, -0.2) is 27.0 Å². The highest BCUT2D eigenvalue weighted by Crippen LogP contribution is 2.38. The van der Waals surface area contributed by atoms with E-state index in [9.17, 15) is 9.90 Å². The van der Waals surface area contributed by atoms with E-state index in [-0.39, 0.29) is 12.5 Å². The lowest BCUT2D eigenvalue weighted by Gasteiger charge is -2.36. The summed E-state index contributed by atoms with van der Waals surface area (Å²) in [5, 5.41) is 9.29. The Morgan fingerprint density at radius 3 is 2.79 bits per heavy atom. The molecule has 1 fully saturated rings. The van der Waals surface area contributed by atoms with E-state index in [0.29, 0.717) is 12.5 Å². The zero-order chi connectivity index (χ0) is 16.5. The molecule has 0 amide bonds. The molecule has 2 heterocycles. The van der Waals surface area contributed by atoms with Gasteiger partial charge in [0.1, 0.15) is 5.76 Å². The van der Waals surface area contributed by atoms with Crippen LogP contribution >= 0.6 is 0 Å². The quantitative estimate of drug-likeness (QED) is 0.913. The third kappa shape index (κ3) is 2.96. The van der Waals surface area contributed by atoms with Gasteiger partial charge in [0.25, 0.3) is 0 Å². The molecule has 1 aliphatic heterocycles. The van der Waals surface area contributed by atoms with Crippen LogP contribution in [0.15, 0.2) is 35.1 Å². The molecular formula is C19H22N2O3. The molecule has 5 heteroatoms. The lowest BCUT2D eigenvalue weighted by Crippen LogP contribution is -2.41. The zero-order valence-electron chi connectivity index (χ0n) is 13.6. The van der Waals surface area contributed by atoms with Gasteiger partial charge in [-0.25, -0.2) is 4.98 Å². The highest BCUT2D eigenvalue weighted by atomic mass is 16.4. The lowest BCUT2D eigenvalue weighted by atomic mass is 9.82. The van der Waals surface area contributed by atoms with Crippen LogP contribution in [0.25, 0.3) is 0 Å². The number of hydrogen-bond donors (Lipinski definition) is 1. The normalized spacial score (nSPS) is 21.2. The summed E-state index contributed by atoms with van der Waals surface area (Å²) in [6, 6.07) is 8.32. The van der Waals surface area contributed by atoms with E-state index in [1.54, 1.807) is 0 Å². The van der Waals surface area contributed by atoms with Crippen molar-refractivity contribution >= 4 is 5.97 Å². The second-order valence-corrected chi connectivity index (χ2v) is 6.92. The van der Waals surface area contributed by atoms with Crippen molar-refractivity contribution in [2.24, 2.45) is 0 Å². The van der Waals surface area contributed by atoms with E-state index in [1.807, 2.05) is 12.1 Å². The lowest BCUT2D eigenvalue weighted by molar-refractivity contribution is -0.138. The molecule has 0 unspecified atom stereocenters. The number of carboxylic acids is 1. The fourth-order valence-electron chi connectivity index (χ4n) is 3.82. The van der Waals surface area contributed by atoms with Gasteiger partial charge in [-0.2, -0.15) is 0 Å². The maximum absolute atomic E-state index is 11.3. The number of carbonyl (C=O) groups is 1. The average Bonchev–Trinajstić information content (AvgIpc) is 2.93. The van der Waals surface area contributed by atoms with Crippen molar-refractivity contribution in [3.63, 3.8) is 0 Å². The number of nitrogens with zero attached hydrogens (tertiary/aromatic N) is 2. The van der Waals surface area contributed by atoms with Crippen LogP contribution < -0.4 is 0 Å². The van der Waals surface area contributed by atoms with Gasteiger partial charge in [0.2, 0.25) is 0 Å². The average molecular weight is 326 g/mol. The second kappa shape index (κ2) is 6.40. The van der Waals surface area contributed by atoms with E-state index in [1.165, 1.54) is 36.8 Å². The minimum Gasteiger partial charge on any atom is -0.481 e. The SMILES string of the molecule is O=C(O)C[C@@H]1Cc2ccccc2CN1Cc1ncoc1C1CCC1. The number of oxazole rings is 1. The summed E-state index contributed by atoms with van der Waals surface area (Å²) in [7, 11) is 0. The number of benzene rings is 1. The molecule has 1 saturated carbocycles. The summed E-state index contributed by atoms with van der Waals surface area (Å²) in [5.41, 5.74) is 3.53. The molecular weight excluding hydrogens is 304 g/mol. The molecule has 0 saturated heterocycles. The summed E-state index contributed by atoms with van der Waals surface area (Å²) in [6.07, 6.45) is 6.06. The van der Waals surface area contributed by atoms with Crippen LogP contribution in [0.4, 0.5) is 0 Å². The molecule has 4 rings (SSSR count). The topological polar surface area (TPSA) is 66.6 Å². The Balaban J connectivity index is 1.57. The number of aliphatic carboxylic acids is 1. The van der Waals surface area contributed by atoms with Crippen LogP contribution in [0.2, 0.25) is 0 Å². The van der Waals surface area contributed by atoms with Crippen molar-refractivity contribution in [3.05, 3.63) is 53.2 Å². The summed E-state index contributed by atoms with van der Waals surface area (Å²) in [4.78, 5) is 18.0. The van der Waals surface area contributed by atoms with Gasteiger partial charge in [0.05, 0.1) is 12.1 Å². The Kier molecular flexibility index (Phi) is 4.10. The first kappa shape index (κ1) is 15.4. The van der Waals surface area contributed by atoms with Gasteiger partial charge in [-0.1, -0.05) is 30.7 Å². The molecule has 0 bridgehead atoms. The first-order valence-electron chi connectivity index (χ1n) is 8.65. The van der Waals surface area contributed by atoms with Crippen LogP contribution in [0.5, 0.6) is 0 Å². The minimum atomic E-state index is -0.747. The van der Waals surface area contributed by atoms with Gasteiger partial charge in [0.15, 0.2) is 6.39 Å². The molecule has 2 aromatic rings. The van der Waals surface area contributed by atoms with Gasteiger partial charge in [-0.15, -0.1) is 0 Å². The molecule has 2 aliphatic rings. The predicted octanol–water partition coefficient (Wildman–Crippen LogP) is 3.34. The van der Waals surface area contributed by atoms with E-state index in [2.05, 4.69) is 22.0 Å². The molecule has 1 aromatic heterocycles. The van der Waals surface area contributed by atoms with Crippen molar-refractivity contribution < 1.29 is 14.3 Å². The van der Waals surface area contributed by atoms with Gasteiger partial charge in [-0.05, 0) is 30.4 Å². The van der Waals surface area contributed by atoms with E-state index < -0.39 is 5.97 Å². The van der Waals surface area contributed by atoms with Crippen molar-refractivity contribution in [1.29, 1.82) is 0 Å². The van der Waals surface area contributed by atoms with Gasteiger partial charge in [0, 0.05) is 25.0 Å². The van der Waals surface area contributed by atoms with Crippen LogP contribution in [0.1, 0.15) is 54.2 Å². The minimum absolute atomic E-state index is 0.00309. The molecule has 0 radical (unpaired) electrons. The van der Waals surface area contributed by atoms with Crippen LogP contribution in [-0.2, 0) is 24.3 Å².